The van der Waals surface area contributed by atoms with Crippen LogP contribution in [0.2, 0.25) is 0 Å². The third-order valence-electron chi connectivity index (χ3n) is 11.8. The number of nitrogens with one attached hydrogen (secondary N) is 3. The molecule has 65 heavy (non-hydrogen) atoms. The van der Waals surface area contributed by atoms with Gasteiger partial charge in [-0.25, -0.2) is 14.4 Å². The SMILES string of the molecule is COc1cccc(F)c1-c1nccc(C(=O)Nc2ccc(-c3cnccc3C#N)cc2N2CCN(C(=O)CCCCCNc3ccc4c(c3)C(=O)N(C3CCC(=O)NC3=O)C4O)CC2)n1. The van der Waals surface area contributed by atoms with Crippen molar-refractivity contribution in [3.8, 4) is 34.3 Å². The smallest absolute Gasteiger partial charge is 0.274 e. The monoisotopic (exact) mass is 880 g/mol. The first-order valence-corrected chi connectivity index (χ1v) is 21.3. The third kappa shape index (κ3) is 9.31. The van der Waals surface area contributed by atoms with Crippen molar-refractivity contribution in [2.24, 2.45) is 0 Å². The second-order valence-corrected chi connectivity index (χ2v) is 15.8. The number of halogens is 1. The molecule has 17 nitrogen and oxygen atoms in total. The zero-order valence-electron chi connectivity index (χ0n) is 35.4. The number of ether oxygens (including phenoxy) is 1. The van der Waals surface area contributed by atoms with Gasteiger partial charge in [-0.15, -0.1) is 0 Å². The maximum Gasteiger partial charge on any atom is 0.274 e. The van der Waals surface area contributed by atoms with Crippen LogP contribution in [-0.2, 0) is 14.4 Å². The van der Waals surface area contributed by atoms with Crippen molar-refractivity contribution >= 4 is 46.6 Å². The van der Waals surface area contributed by atoms with Crippen LogP contribution in [0.1, 0.15) is 76.7 Å². The van der Waals surface area contributed by atoms with Crippen LogP contribution in [0.25, 0.3) is 22.5 Å². The molecule has 0 radical (unpaired) electrons. The molecule has 2 unspecified atom stereocenters. The molecular formula is C47H45FN10O7. The Hall–Kier alpha value is -7.78. The molecule has 3 aromatic carbocycles. The van der Waals surface area contributed by atoms with Crippen molar-refractivity contribution in [2.75, 3.05) is 55.4 Å². The minimum Gasteiger partial charge on any atom is -0.496 e. The molecule has 5 amide bonds. The second-order valence-electron chi connectivity index (χ2n) is 15.8. The molecule has 2 aromatic heterocycles. The number of nitriles is 1. The Morgan fingerprint density at radius 1 is 0.985 bits per heavy atom. The van der Waals surface area contributed by atoms with Crippen LogP contribution in [0.3, 0.4) is 0 Å². The fourth-order valence-electron chi connectivity index (χ4n) is 8.37. The quantitative estimate of drug-likeness (QED) is 0.0848. The zero-order chi connectivity index (χ0) is 45.6. The van der Waals surface area contributed by atoms with Crippen LogP contribution in [0.5, 0.6) is 5.75 Å². The number of piperidine rings is 1. The van der Waals surface area contributed by atoms with Gasteiger partial charge in [-0.2, -0.15) is 5.26 Å². The molecule has 0 aliphatic carbocycles. The van der Waals surface area contributed by atoms with E-state index >= 15 is 0 Å². The number of imide groups is 1. The highest BCUT2D eigenvalue weighted by molar-refractivity contribution is 6.06. The average molecular weight is 881 g/mol. The summed E-state index contributed by atoms with van der Waals surface area (Å²) >= 11 is 0. The predicted molar refractivity (Wildman–Crippen MR) is 236 cm³/mol. The lowest BCUT2D eigenvalue weighted by molar-refractivity contribution is -0.139. The number of carbonyl (C=O) groups is 5. The first kappa shape index (κ1) is 43.9. The van der Waals surface area contributed by atoms with E-state index in [2.05, 4.69) is 41.9 Å². The lowest BCUT2D eigenvalue weighted by Crippen LogP contribution is -2.53. The summed E-state index contributed by atoms with van der Waals surface area (Å²) in [6.07, 6.45) is 6.08. The topological polar surface area (TPSA) is 223 Å². The molecule has 18 heteroatoms. The van der Waals surface area contributed by atoms with Crippen LogP contribution in [0.15, 0.2) is 85.3 Å². The molecule has 0 saturated carbocycles. The highest BCUT2D eigenvalue weighted by atomic mass is 19.1. The average Bonchev–Trinajstić information content (AvgIpc) is 3.57. The Balaban J connectivity index is 0.862. The first-order chi connectivity index (χ1) is 31.5. The number of aliphatic hydroxyl groups excluding tert-OH is 1. The third-order valence-corrected chi connectivity index (χ3v) is 11.8. The van der Waals surface area contributed by atoms with E-state index in [-0.39, 0.29) is 41.6 Å². The molecule has 0 bridgehead atoms. The minimum absolute atomic E-state index is 0.00102. The molecule has 8 rings (SSSR count). The van der Waals surface area contributed by atoms with Crippen LogP contribution in [-0.4, -0.2) is 105 Å². The largest absolute Gasteiger partial charge is 0.496 e. The van der Waals surface area contributed by atoms with E-state index in [1.807, 2.05) is 11.0 Å². The second kappa shape index (κ2) is 19.3. The van der Waals surface area contributed by atoms with E-state index in [1.165, 1.54) is 31.5 Å². The van der Waals surface area contributed by atoms with E-state index < -0.39 is 41.7 Å². The maximum atomic E-state index is 14.9. The number of aliphatic hydroxyl groups is 1. The Kier molecular flexibility index (Phi) is 13.0. The van der Waals surface area contributed by atoms with Crippen molar-refractivity contribution in [2.45, 2.75) is 50.8 Å². The van der Waals surface area contributed by atoms with Gasteiger partial charge in [0.25, 0.3) is 11.8 Å². The fourth-order valence-corrected chi connectivity index (χ4v) is 8.37. The van der Waals surface area contributed by atoms with E-state index in [9.17, 15) is 38.7 Å². The highest BCUT2D eigenvalue weighted by Gasteiger charge is 2.44. The van der Waals surface area contributed by atoms with E-state index in [1.54, 1.807) is 54.9 Å². The molecule has 2 fully saturated rings. The molecule has 5 heterocycles. The van der Waals surface area contributed by atoms with Gasteiger partial charge in [0.05, 0.1) is 35.7 Å². The van der Waals surface area contributed by atoms with Crippen molar-refractivity contribution in [3.05, 3.63) is 114 Å². The van der Waals surface area contributed by atoms with Gasteiger partial charge in [0.1, 0.15) is 23.3 Å². The summed E-state index contributed by atoms with van der Waals surface area (Å²) in [5, 5.41) is 29.2. The number of rotatable bonds is 14. The van der Waals surface area contributed by atoms with Crippen molar-refractivity contribution in [1.82, 2.24) is 30.1 Å². The summed E-state index contributed by atoms with van der Waals surface area (Å²) in [7, 11) is 1.41. The summed E-state index contributed by atoms with van der Waals surface area (Å²) in [4.78, 5) is 82.2. The highest BCUT2D eigenvalue weighted by Crippen LogP contribution is 2.37. The number of aromatic nitrogens is 3. The molecule has 3 aliphatic heterocycles. The van der Waals surface area contributed by atoms with Gasteiger partial charge in [-0.05, 0) is 73.4 Å². The number of anilines is 3. The summed E-state index contributed by atoms with van der Waals surface area (Å²) in [6, 6.07) is 19.2. The summed E-state index contributed by atoms with van der Waals surface area (Å²) in [5.74, 6) is -2.38. The minimum atomic E-state index is -1.28. The summed E-state index contributed by atoms with van der Waals surface area (Å²) in [5.41, 5.74) is 4.33. The summed E-state index contributed by atoms with van der Waals surface area (Å²) < 4.78 is 20.2. The number of hydrogen-bond donors (Lipinski definition) is 4. The van der Waals surface area contributed by atoms with Crippen LogP contribution >= 0.6 is 0 Å². The predicted octanol–water partition coefficient (Wildman–Crippen LogP) is 5.05. The number of unbranched alkanes of at least 4 members (excludes halogenated alkanes) is 2. The van der Waals surface area contributed by atoms with E-state index in [0.717, 1.165) is 17.7 Å². The Morgan fingerprint density at radius 2 is 1.82 bits per heavy atom. The zero-order valence-corrected chi connectivity index (χ0v) is 35.4. The maximum absolute atomic E-state index is 14.9. The molecule has 2 atom stereocenters. The van der Waals surface area contributed by atoms with Gasteiger partial charge in [0.2, 0.25) is 17.7 Å². The van der Waals surface area contributed by atoms with Crippen molar-refractivity contribution in [3.63, 3.8) is 0 Å². The van der Waals surface area contributed by atoms with Crippen molar-refractivity contribution in [1.29, 1.82) is 5.26 Å². The molecular weight excluding hydrogens is 836 g/mol. The normalized spacial score (nSPS) is 17.0. The van der Waals surface area contributed by atoms with Gasteiger partial charge in [0, 0.05) is 86.5 Å². The van der Waals surface area contributed by atoms with E-state index in [0.29, 0.717) is 90.4 Å². The standard InChI is InChI=1S/C47H45FN10O7/c1-65-39-7-5-6-34(48)42(39)43-52-19-16-36(53-43)44(61)54-35-12-9-28(33-27-50-18-15-29(33)26-49)24-38(35)56-20-22-57(23-21-56)41(60)8-3-2-4-17-51-30-10-11-31-32(25-30)47(64)58(46(31)63)37-13-14-40(59)55-45(37)62/h5-7,9-12,15-16,18-19,24-25,27,37,46,51,63H,2-4,8,13-14,17,20-23H2,1H3,(H,54,61)(H,55,59,62). The fraction of sp³-hybridized carbons (Fsp3) is 0.298. The van der Waals surface area contributed by atoms with Crippen LogP contribution < -0.4 is 25.6 Å². The Labute approximate surface area is 373 Å². The number of pyridine rings is 1. The molecule has 3 aliphatic rings. The lowest BCUT2D eigenvalue weighted by Gasteiger charge is -2.37. The van der Waals surface area contributed by atoms with Crippen molar-refractivity contribution < 1.29 is 38.2 Å². The van der Waals surface area contributed by atoms with Gasteiger partial charge < -0.3 is 30.3 Å². The number of amides is 5. The van der Waals surface area contributed by atoms with Gasteiger partial charge in [0.15, 0.2) is 12.1 Å². The number of methoxy groups -OCH3 is 1. The van der Waals surface area contributed by atoms with Gasteiger partial charge in [-0.1, -0.05) is 24.6 Å². The van der Waals surface area contributed by atoms with Crippen LogP contribution in [0.4, 0.5) is 21.5 Å². The Bertz CT molecular complexity index is 2720. The molecule has 5 aromatic rings. The lowest BCUT2D eigenvalue weighted by atomic mass is 10.0. The van der Waals surface area contributed by atoms with Gasteiger partial charge >= 0.3 is 0 Å². The summed E-state index contributed by atoms with van der Waals surface area (Å²) in [6.45, 7) is 2.42. The molecule has 4 N–H and O–H groups in total. The van der Waals surface area contributed by atoms with Crippen LogP contribution in [0, 0.1) is 17.1 Å². The Morgan fingerprint density at radius 3 is 2.60 bits per heavy atom. The molecule has 2 saturated heterocycles. The number of nitrogens with zero attached hydrogens (tertiary/aromatic N) is 7. The van der Waals surface area contributed by atoms with Gasteiger partial charge in [-0.3, -0.25) is 39.2 Å². The number of piperazine rings is 1. The number of fused-ring (bicyclic) bond motifs is 1. The molecule has 332 valence electrons. The first-order valence-electron chi connectivity index (χ1n) is 21.3. The number of hydrogen-bond acceptors (Lipinski definition) is 13. The molecule has 0 spiro atoms. The van der Waals surface area contributed by atoms with E-state index in [4.69, 9.17) is 4.74 Å². The number of benzene rings is 3. The number of carbonyl (C=O) groups excluding carboxylic acids is 5.